The molecule has 0 fully saturated rings. The first kappa shape index (κ1) is 11.2. The number of aliphatic hydroxyl groups excluding tert-OH is 1. The molecule has 1 rings (SSSR count). The van der Waals surface area contributed by atoms with Gasteiger partial charge in [0.15, 0.2) is 0 Å². The molecule has 0 aromatic heterocycles. The van der Waals surface area contributed by atoms with Gasteiger partial charge in [0.05, 0.1) is 0 Å². The zero-order valence-corrected chi connectivity index (χ0v) is 8.39. The maximum absolute atomic E-state index is 7.57. The molecule has 0 spiro atoms. The van der Waals surface area contributed by atoms with Crippen molar-refractivity contribution in [2.24, 2.45) is 0 Å². The first-order valence-electron chi connectivity index (χ1n) is 4.27. The van der Waals surface area contributed by atoms with E-state index in [1.54, 1.807) is 6.92 Å². The van der Waals surface area contributed by atoms with E-state index in [4.69, 9.17) is 5.11 Å². The molecule has 0 amide bonds. The number of aryl methyl sites for hydroxylation is 2. The van der Waals surface area contributed by atoms with Gasteiger partial charge in [-0.1, -0.05) is 18.2 Å². The molecule has 0 unspecified atom stereocenters. The van der Waals surface area contributed by atoms with Crippen LogP contribution in [0.15, 0.2) is 18.2 Å². The van der Waals surface area contributed by atoms with Crippen LogP contribution in [-0.2, 0) is 0 Å². The van der Waals surface area contributed by atoms with Crippen molar-refractivity contribution in [1.82, 2.24) is 0 Å². The molecular weight excluding hydrogens is 148 g/mol. The Morgan fingerprint density at radius 3 is 1.67 bits per heavy atom. The van der Waals surface area contributed by atoms with Crippen LogP contribution < -0.4 is 0 Å². The van der Waals surface area contributed by atoms with Crippen LogP contribution in [0.3, 0.4) is 0 Å². The predicted molar refractivity (Wildman–Crippen MR) is 53.4 cm³/mol. The molecule has 0 radical (unpaired) electrons. The van der Waals surface area contributed by atoms with E-state index in [-0.39, 0.29) is 6.61 Å². The molecule has 1 N–H and O–H groups in total. The lowest BCUT2D eigenvalue weighted by molar-refractivity contribution is 0.318. The molecular formula is C11H18O. The van der Waals surface area contributed by atoms with E-state index in [0.29, 0.717) is 0 Å². The Bertz CT molecular complexity index is 208. The Morgan fingerprint density at radius 1 is 1.08 bits per heavy atom. The standard InChI is InChI=1S/C9H12.C2H6O/c1-7-5-4-6-8(2)9(7)3;1-2-3/h4-6H,1-3H3;3H,2H2,1H3. The van der Waals surface area contributed by atoms with Crippen LogP contribution in [-0.4, -0.2) is 11.7 Å². The molecule has 1 nitrogen and oxygen atoms in total. The largest absolute Gasteiger partial charge is 0.397 e. The normalized spacial score (nSPS) is 8.75. The van der Waals surface area contributed by atoms with Gasteiger partial charge in [0.25, 0.3) is 0 Å². The Hall–Kier alpha value is -0.820. The number of hydrogen-bond acceptors (Lipinski definition) is 1. The SMILES string of the molecule is CCO.Cc1cccc(C)c1C. The lowest BCUT2D eigenvalue weighted by Gasteiger charge is -2.00. The fourth-order valence-electron chi connectivity index (χ4n) is 0.898. The third kappa shape index (κ3) is 3.54. The molecule has 0 bridgehead atoms. The second kappa shape index (κ2) is 5.78. The van der Waals surface area contributed by atoms with Crippen molar-refractivity contribution in [1.29, 1.82) is 0 Å². The minimum Gasteiger partial charge on any atom is -0.397 e. The number of hydrogen-bond donors (Lipinski definition) is 1. The van der Waals surface area contributed by atoms with E-state index in [2.05, 4.69) is 39.0 Å². The summed E-state index contributed by atoms with van der Waals surface area (Å²) in [5, 5.41) is 7.57. The molecule has 0 aliphatic rings. The topological polar surface area (TPSA) is 20.2 Å². The van der Waals surface area contributed by atoms with Gasteiger partial charge in [-0.15, -0.1) is 0 Å². The molecule has 1 aromatic rings. The van der Waals surface area contributed by atoms with E-state index in [1.807, 2.05) is 0 Å². The van der Waals surface area contributed by atoms with Gasteiger partial charge >= 0.3 is 0 Å². The zero-order chi connectivity index (χ0) is 9.56. The lowest BCUT2D eigenvalue weighted by atomic mass is 10.1. The van der Waals surface area contributed by atoms with E-state index in [9.17, 15) is 0 Å². The van der Waals surface area contributed by atoms with Crippen molar-refractivity contribution in [3.05, 3.63) is 34.9 Å². The second-order valence-electron chi connectivity index (χ2n) is 2.83. The summed E-state index contributed by atoms with van der Waals surface area (Å²) in [4.78, 5) is 0. The molecule has 0 saturated heterocycles. The highest BCUT2D eigenvalue weighted by Gasteiger charge is 1.91. The minimum absolute atomic E-state index is 0.250. The Balaban J connectivity index is 0.000000354. The maximum atomic E-state index is 7.57. The van der Waals surface area contributed by atoms with Crippen LogP contribution in [0.2, 0.25) is 0 Å². The summed E-state index contributed by atoms with van der Waals surface area (Å²) in [6, 6.07) is 6.38. The fraction of sp³-hybridized carbons (Fsp3) is 0.455. The van der Waals surface area contributed by atoms with Crippen LogP contribution >= 0.6 is 0 Å². The van der Waals surface area contributed by atoms with E-state index < -0.39 is 0 Å². The Morgan fingerprint density at radius 2 is 1.42 bits per heavy atom. The van der Waals surface area contributed by atoms with Crippen LogP contribution in [0.1, 0.15) is 23.6 Å². The fourth-order valence-corrected chi connectivity index (χ4v) is 0.898. The van der Waals surface area contributed by atoms with Crippen molar-refractivity contribution in [2.75, 3.05) is 6.61 Å². The summed E-state index contributed by atoms with van der Waals surface area (Å²) in [6.45, 7) is 8.37. The smallest absolute Gasteiger partial charge is 0.0402 e. The van der Waals surface area contributed by atoms with Gasteiger partial charge in [-0.05, 0) is 44.4 Å². The summed E-state index contributed by atoms with van der Waals surface area (Å²) in [5.74, 6) is 0. The zero-order valence-electron chi connectivity index (χ0n) is 8.39. The first-order chi connectivity index (χ1) is 5.63. The summed E-state index contributed by atoms with van der Waals surface area (Å²) in [7, 11) is 0. The molecule has 1 aromatic carbocycles. The highest BCUT2D eigenvalue weighted by molar-refractivity contribution is 5.31. The second-order valence-corrected chi connectivity index (χ2v) is 2.83. The molecule has 68 valence electrons. The van der Waals surface area contributed by atoms with Crippen LogP contribution in [0.4, 0.5) is 0 Å². The van der Waals surface area contributed by atoms with Crippen molar-refractivity contribution in [2.45, 2.75) is 27.7 Å². The monoisotopic (exact) mass is 166 g/mol. The minimum atomic E-state index is 0.250. The Labute approximate surface area is 75.1 Å². The predicted octanol–water partition coefficient (Wildman–Crippen LogP) is 2.61. The van der Waals surface area contributed by atoms with Gasteiger partial charge in [-0.2, -0.15) is 0 Å². The van der Waals surface area contributed by atoms with E-state index in [0.717, 1.165) is 0 Å². The molecule has 0 atom stereocenters. The average Bonchev–Trinajstić information content (AvgIpc) is 2.02. The van der Waals surface area contributed by atoms with E-state index >= 15 is 0 Å². The number of benzene rings is 1. The maximum Gasteiger partial charge on any atom is 0.0402 e. The van der Waals surface area contributed by atoms with Crippen molar-refractivity contribution in [3.8, 4) is 0 Å². The molecule has 0 aliphatic heterocycles. The first-order valence-corrected chi connectivity index (χ1v) is 4.27. The van der Waals surface area contributed by atoms with Gasteiger partial charge in [0, 0.05) is 6.61 Å². The number of aliphatic hydroxyl groups is 1. The van der Waals surface area contributed by atoms with Gasteiger partial charge in [-0.25, -0.2) is 0 Å². The van der Waals surface area contributed by atoms with E-state index in [1.165, 1.54) is 16.7 Å². The summed E-state index contributed by atoms with van der Waals surface area (Å²) < 4.78 is 0. The quantitative estimate of drug-likeness (QED) is 0.628. The van der Waals surface area contributed by atoms with Crippen LogP contribution in [0.25, 0.3) is 0 Å². The van der Waals surface area contributed by atoms with Gasteiger partial charge in [-0.3, -0.25) is 0 Å². The summed E-state index contributed by atoms with van der Waals surface area (Å²) >= 11 is 0. The van der Waals surface area contributed by atoms with Gasteiger partial charge < -0.3 is 5.11 Å². The third-order valence-corrected chi connectivity index (χ3v) is 1.88. The highest BCUT2D eigenvalue weighted by atomic mass is 16.2. The molecule has 0 heterocycles. The van der Waals surface area contributed by atoms with Gasteiger partial charge in [0.2, 0.25) is 0 Å². The van der Waals surface area contributed by atoms with Gasteiger partial charge in [0.1, 0.15) is 0 Å². The average molecular weight is 166 g/mol. The molecule has 0 saturated carbocycles. The summed E-state index contributed by atoms with van der Waals surface area (Å²) in [6.07, 6.45) is 0. The molecule has 0 aliphatic carbocycles. The Kier molecular flexibility index (Phi) is 5.39. The third-order valence-electron chi connectivity index (χ3n) is 1.88. The van der Waals surface area contributed by atoms with Crippen molar-refractivity contribution >= 4 is 0 Å². The molecule has 12 heavy (non-hydrogen) atoms. The lowest BCUT2D eigenvalue weighted by Crippen LogP contribution is -1.82. The van der Waals surface area contributed by atoms with Crippen LogP contribution in [0, 0.1) is 20.8 Å². The molecule has 1 heteroatoms. The highest BCUT2D eigenvalue weighted by Crippen LogP contribution is 2.09. The number of rotatable bonds is 0. The van der Waals surface area contributed by atoms with Crippen molar-refractivity contribution < 1.29 is 5.11 Å². The van der Waals surface area contributed by atoms with Crippen molar-refractivity contribution in [3.63, 3.8) is 0 Å². The summed E-state index contributed by atoms with van der Waals surface area (Å²) in [5.41, 5.74) is 4.18. The van der Waals surface area contributed by atoms with Crippen LogP contribution in [0.5, 0.6) is 0 Å².